The van der Waals surface area contributed by atoms with Gasteiger partial charge in [0.05, 0.1) is 17.8 Å². The molecule has 1 aliphatic rings. The number of sulfonamides is 1. The summed E-state index contributed by atoms with van der Waals surface area (Å²) in [6, 6.07) is 9.05. The molecule has 0 amide bonds. The Morgan fingerprint density at radius 3 is 2.74 bits per heavy atom. The summed E-state index contributed by atoms with van der Waals surface area (Å²) in [4.78, 5) is 7.59. The summed E-state index contributed by atoms with van der Waals surface area (Å²) in [5.41, 5.74) is 2.39. The number of hydrogen-bond acceptors (Lipinski definition) is 4. The Balaban J connectivity index is 1.52. The highest BCUT2D eigenvalue weighted by atomic mass is 32.2. The third-order valence-corrected chi connectivity index (χ3v) is 5.26. The fourth-order valence-corrected chi connectivity index (χ4v) is 3.70. The molecule has 1 aromatic carbocycles. The Bertz CT molecular complexity index is 738. The van der Waals surface area contributed by atoms with Crippen LogP contribution in [-0.4, -0.2) is 15.0 Å². The maximum Gasteiger partial charge on any atom is 0.262 e. The van der Waals surface area contributed by atoms with Gasteiger partial charge in [-0.3, -0.25) is 4.84 Å². The molecule has 1 aromatic heterocycles. The molecule has 0 aliphatic heterocycles. The van der Waals surface area contributed by atoms with E-state index in [0.29, 0.717) is 19.4 Å². The summed E-state index contributed by atoms with van der Waals surface area (Å²) in [6.07, 6.45) is 7.29. The highest BCUT2D eigenvalue weighted by Gasteiger charge is 2.17. The SMILES string of the molecule is O=S(=O)(NOCCCc1ccco1)c1ccc2c(c1)CCCC2. The van der Waals surface area contributed by atoms with E-state index in [2.05, 4.69) is 4.89 Å². The fraction of sp³-hybridized carbons (Fsp3) is 0.412. The number of fused-ring (bicyclic) bond motifs is 1. The highest BCUT2D eigenvalue weighted by Crippen LogP contribution is 2.24. The van der Waals surface area contributed by atoms with Gasteiger partial charge < -0.3 is 4.42 Å². The lowest BCUT2D eigenvalue weighted by molar-refractivity contribution is 0.0905. The zero-order valence-electron chi connectivity index (χ0n) is 13.0. The molecule has 3 rings (SSSR count). The van der Waals surface area contributed by atoms with Crippen molar-refractivity contribution in [3.63, 3.8) is 0 Å². The number of nitrogens with one attached hydrogen (secondary N) is 1. The van der Waals surface area contributed by atoms with Crippen molar-refractivity contribution >= 4 is 10.0 Å². The van der Waals surface area contributed by atoms with Gasteiger partial charge in [0, 0.05) is 6.42 Å². The third kappa shape index (κ3) is 4.22. The van der Waals surface area contributed by atoms with E-state index >= 15 is 0 Å². The van der Waals surface area contributed by atoms with Crippen LogP contribution in [0.15, 0.2) is 45.9 Å². The number of benzene rings is 1. The lowest BCUT2D eigenvalue weighted by atomic mass is 9.92. The first kappa shape index (κ1) is 16.2. The Morgan fingerprint density at radius 1 is 1.13 bits per heavy atom. The van der Waals surface area contributed by atoms with Crippen molar-refractivity contribution in [3.05, 3.63) is 53.5 Å². The van der Waals surface area contributed by atoms with Crippen LogP contribution in [0.3, 0.4) is 0 Å². The van der Waals surface area contributed by atoms with Gasteiger partial charge >= 0.3 is 0 Å². The van der Waals surface area contributed by atoms with Crippen molar-refractivity contribution in [1.82, 2.24) is 4.89 Å². The molecule has 0 saturated heterocycles. The number of hydrogen-bond donors (Lipinski definition) is 1. The molecule has 1 N–H and O–H groups in total. The summed E-state index contributed by atoms with van der Waals surface area (Å²) in [5, 5.41) is 0. The monoisotopic (exact) mass is 335 g/mol. The normalized spacial score (nSPS) is 14.6. The van der Waals surface area contributed by atoms with Crippen molar-refractivity contribution < 1.29 is 17.7 Å². The average Bonchev–Trinajstić information content (AvgIpc) is 3.07. The Hall–Kier alpha value is -1.63. The van der Waals surface area contributed by atoms with Gasteiger partial charge in [-0.25, -0.2) is 8.42 Å². The van der Waals surface area contributed by atoms with Crippen molar-refractivity contribution in [1.29, 1.82) is 0 Å². The summed E-state index contributed by atoms with van der Waals surface area (Å²) in [5.74, 6) is 0.867. The standard InChI is InChI=1S/C17H21NO4S/c19-23(20,18-22-12-4-8-16-7-3-11-21-16)17-10-9-14-5-1-2-6-15(14)13-17/h3,7,9-11,13,18H,1-2,4-6,8,12H2. The molecule has 0 unspecified atom stereocenters. The first-order valence-corrected chi connectivity index (χ1v) is 9.41. The molecule has 0 atom stereocenters. The van der Waals surface area contributed by atoms with Crippen LogP contribution in [0.25, 0.3) is 0 Å². The van der Waals surface area contributed by atoms with E-state index in [0.717, 1.165) is 30.6 Å². The van der Waals surface area contributed by atoms with Crippen LogP contribution in [0.4, 0.5) is 0 Å². The number of aryl methyl sites for hydroxylation is 3. The van der Waals surface area contributed by atoms with Crippen LogP contribution in [0.1, 0.15) is 36.1 Å². The van der Waals surface area contributed by atoms with Gasteiger partial charge in [0.1, 0.15) is 5.76 Å². The molecule has 1 heterocycles. The van der Waals surface area contributed by atoms with Gasteiger partial charge in [0.2, 0.25) is 0 Å². The summed E-state index contributed by atoms with van der Waals surface area (Å²) in [7, 11) is -3.62. The molecule has 0 saturated carbocycles. The van der Waals surface area contributed by atoms with Crippen LogP contribution < -0.4 is 4.89 Å². The molecule has 23 heavy (non-hydrogen) atoms. The third-order valence-electron chi connectivity index (χ3n) is 4.05. The first-order valence-electron chi connectivity index (χ1n) is 7.93. The van der Waals surface area contributed by atoms with Crippen LogP contribution >= 0.6 is 0 Å². The van der Waals surface area contributed by atoms with E-state index in [1.807, 2.05) is 18.2 Å². The molecule has 2 aromatic rings. The van der Waals surface area contributed by atoms with Crippen LogP contribution in [0.5, 0.6) is 0 Å². The summed E-state index contributed by atoms with van der Waals surface area (Å²) in [6.45, 7) is 0.296. The Morgan fingerprint density at radius 2 is 1.96 bits per heavy atom. The second-order valence-electron chi connectivity index (χ2n) is 5.76. The molecule has 0 fully saturated rings. The van der Waals surface area contributed by atoms with Crippen molar-refractivity contribution in [2.75, 3.05) is 6.61 Å². The maximum absolute atomic E-state index is 12.3. The summed E-state index contributed by atoms with van der Waals surface area (Å²) >= 11 is 0. The first-order chi connectivity index (χ1) is 11.1. The van der Waals surface area contributed by atoms with E-state index in [4.69, 9.17) is 9.25 Å². The second-order valence-corrected chi connectivity index (χ2v) is 7.40. The van der Waals surface area contributed by atoms with E-state index < -0.39 is 10.0 Å². The second kappa shape index (κ2) is 7.29. The van der Waals surface area contributed by atoms with Gasteiger partial charge in [-0.1, -0.05) is 11.0 Å². The van der Waals surface area contributed by atoms with E-state index in [9.17, 15) is 8.42 Å². The molecule has 0 spiro atoms. The zero-order chi connectivity index (χ0) is 16.1. The lowest BCUT2D eigenvalue weighted by Gasteiger charge is -2.16. The maximum atomic E-state index is 12.3. The quantitative estimate of drug-likeness (QED) is 0.624. The largest absolute Gasteiger partial charge is 0.469 e. The number of furan rings is 1. The number of rotatable bonds is 7. The van der Waals surface area contributed by atoms with Gasteiger partial charge in [-0.15, -0.1) is 0 Å². The van der Waals surface area contributed by atoms with Crippen LogP contribution in [0.2, 0.25) is 0 Å². The minimum atomic E-state index is -3.62. The van der Waals surface area contributed by atoms with Gasteiger partial charge in [0.25, 0.3) is 10.0 Å². The van der Waals surface area contributed by atoms with Gasteiger partial charge in [-0.2, -0.15) is 0 Å². The minimum absolute atomic E-state index is 0.268. The summed E-state index contributed by atoms with van der Waals surface area (Å²) < 4.78 is 29.7. The lowest BCUT2D eigenvalue weighted by Crippen LogP contribution is -2.25. The van der Waals surface area contributed by atoms with E-state index in [1.54, 1.807) is 18.4 Å². The minimum Gasteiger partial charge on any atom is -0.469 e. The molecule has 124 valence electrons. The molecule has 5 nitrogen and oxygen atoms in total. The zero-order valence-corrected chi connectivity index (χ0v) is 13.8. The van der Waals surface area contributed by atoms with Crippen LogP contribution in [0, 0.1) is 0 Å². The predicted molar refractivity (Wildman–Crippen MR) is 86.4 cm³/mol. The molecule has 0 radical (unpaired) electrons. The predicted octanol–water partition coefficient (Wildman–Crippen LogP) is 3.00. The Labute approximate surface area is 136 Å². The molecule has 1 aliphatic carbocycles. The van der Waals surface area contributed by atoms with Crippen molar-refractivity contribution in [2.45, 2.75) is 43.4 Å². The van der Waals surface area contributed by atoms with Crippen molar-refractivity contribution in [3.8, 4) is 0 Å². The van der Waals surface area contributed by atoms with Gasteiger partial charge in [-0.05, 0) is 67.5 Å². The average molecular weight is 335 g/mol. The van der Waals surface area contributed by atoms with E-state index in [1.165, 1.54) is 12.0 Å². The molecule has 6 heteroatoms. The van der Waals surface area contributed by atoms with E-state index in [-0.39, 0.29) is 4.90 Å². The fourth-order valence-electron chi connectivity index (χ4n) is 2.82. The Kier molecular flexibility index (Phi) is 5.15. The topological polar surface area (TPSA) is 68.5 Å². The smallest absolute Gasteiger partial charge is 0.262 e. The van der Waals surface area contributed by atoms with Gasteiger partial charge in [0.15, 0.2) is 0 Å². The molecular weight excluding hydrogens is 314 g/mol. The van der Waals surface area contributed by atoms with Crippen LogP contribution in [-0.2, 0) is 34.1 Å². The van der Waals surface area contributed by atoms with Crippen molar-refractivity contribution in [2.24, 2.45) is 0 Å². The molecular formula is C17H21NO4S. The molecule has 0 bridgehead atoms. The highest BCUT2D eigenvalue weighted by molar-refractivity contribution is 7.89.